The van der Waals surface area contributed by atoms with E-state index in [2.05, 4.69) is 9.97 Å². The number of aryl methyl sites for hydroxylation is 1. The number of rotatable bonds is 3. The first-order valence-electron chi connectivity index (χ1n) is 7.89. The third-order valence-electron chi connectivity index (χ3n) is 3.94. The highest BCUT2D eigenvalue weighted by atomic mass is 16.6. The van der Waals surface area contributed by atoms with E-state index in [1.54, 1.807) is 19.2 Å². The van der Waals surface area contributed by atoms with E-state index < -0.39 is 43.9 Å². The molecule has 0 bridgehead atoms. The molecule has 4 N–H and O–H groups in total. The van der Waals surface area contributed by atoms with Crippen molar-refractivity contribution in [3.63, 3.8) is 0 Å². The molecule has 1 fully saturated rings. The van der Waals surface area contributed by atoms with Gasteiger partial charge in [-0.15, -0.1) is 0 Å². The Kier molecular flexibility index (Phi) is 6.90. The summed E-state index contributed by atoms with van der Waals surface area (Å²) in [6.07, 6.45) is -3.78. The number of hydrogen-bond acceptors (Lipinski definition) is 6. The minimum absolute atomic E-state index is 0.280. The fourth-order valence-electron chi connectivity index (χ4n) is 2.47. The number of aromatic nitrogens is 3. The molecule has 14 heteroatoms. The van der Waals surface area contributed by atoms with Crippen molar-refractivity contribution in [1.29, 1.82) is 0 Å². The van der Waals surface area contributed by atoms with Crippen LogP contribution in [0.4, 0.5) is 0 Å². The number of ether oxygens (including phenoxy) is 1. The molecule has 2 aromatic rings. The van der Waals surface area contributed by atoms with Crippen molar-refractivity contribution in [3.8, 4) is 0 Å². The molecule has 4 atom stereocenters. The number of hydrogen-bond donors (Lipinski definition) is 4. The number of aliphatic hydroxyl groups excluding tert-OH is 3. The summed E-state index contributed by atoms with van der Waals surface area (Å²) in [6.45, 7) is 1.25. The second kappa shape index (κ2) is 8.56. The summed E-state index contributed by atoms with van der Waals surface area (Å²) in [4.78, 5) is 18.6. The molecule has 0 saturated carbocycles. The third-order valence-corrected chi connectivity index (χ3v) is 3.94. The Morgan fingerprint density at radius 2 is 1.88 bits per heavy atom. The van der Waals surface area contributed by atoms with Crippen LogP contribution >= 0.6 is 0 Å². The summed E-state index contributed by atoms with van der Waals surface area (Å²) in [7, 11) is 19.9. The molecular weight excluding hydrogens is 331 g/mol. The van der Waals surface area contributed by atoms with Gasteiger partial charge in [0.15, 0.2) is 6.23 Å². The standard InChI is InChI=1S/C12H15N3O5.B6/c1-5-13-10-6(11(19)14-5)2-3-15(10)12-9(18)8(17)7(4-16)20-12;1-5(2)6(3)4/h2-3,7-9,12,16-18H,4H2,1H3,(H,13,14,19);/t7-,8?,9+,12-;/m1./s1. The van der Waals surface area contributed by atoms with Crippen molar-refractivity contribution in [1.82, 2.24) is 14.5 Å². The summed E-state index contributed by atoms with van der Waals surface area (Å²) >= 11 is 0. The first kappa shape index (κ1) is 21.0. The van der Waals surface area contributed by atoms with Gasteiger partial charge in [0.25, 0.3) is 5.56 Å². The second-order valence-electron chi connectivity index (χ2n) is 6.00. The average molecular weight is 346 g/mol. The Hall–Kier alpha value is -1.35. The van der Waals surface area contributed by atoms with E-state index in [1.165, 1.54) is 4.57 Å². The van der Waals surface area contributed by atoms with Crippen LogP contribution in [0, 0.1) is 6.92 Å². The Balaban J connectivity index is 0.000000352. The molecule has 8 radical (unpaired) electrons. The third kappa shape index (κ3) is 4.31. The van der Waals surface area contributed by atoms with Gasteiger partial charge in [0, 0.05) is 49.9 Å². The number of nitrogens with one attached hydrogen (secondary N) is 1. The predicted molar refractivity (Wildman–Crippen MR) is 103 cm³/mol. The minimum atomic E-state index is -1.20. The van der Waals surface area contributed by atoms with Crippen molar-refractivity contribution in [2.24, 2.45) is 0 Å². The van der Waals surface area contributed by atoms with Crippen molar-refractivity contribution >= 4 is 54.8 Å². The second-order valence-corrected chi connectivity index (χ2v) is 6.00. The number of H-pyrrole nitrogens is 1. The summed E-state index contributed by atoms with van der Waals surface area (Å²) in [5.74, 6) is 0.439. The largest absolute Gasteiger partial charge is 0.394 e. The molecule has 3 rings (SSSR count). The van der Waals surface area contributed by atoms with Gasteiger partial charge in [0.05, 0.1) is 12.0 Å². The fraction of sp³-hybridized carbons (Fsp3) is 0.500. The van der Waals surface area contributed by atoms with E-state index in [0.717, 1.165) is 0 Å². The predicted octanol–water partition coefficient (Wildman–Crippen LogP) is -3.64. The van der Waals surface area contributed by atoms with Crippen molar-refractivity contribution in [2.45, 2.75) is 31.5 Å². The number of fused-ring (bicyclic) bond motifs is 1. The molecule has 1 unspecified atom stereocenters. The monoisotopic (exact) mass is 347 g/mol. The SMILES string of the molecule is Cc1nc2c(ccn2[C@@H]2O[C@H](CO)C(O)[C@@H]2O)c(=O)[nH]1.[B]B([B])B([B])[B]. The lowest BCUT2D eigenvalue weighted by Gasteiger charge is -2.17. The lowest BCUT2D eigenvalue weighted by Crippen LogP contribution is -2.38. The van der Waals surface area contributed by atoms with Crippen LogP contribution < -0.4 is 5.56 Å². The highest BCUT2D eigenvalue weighted by molar-refractivity contribution is 7.76. The zero-order valence-electron chi connectivity index (χ0n) is 14.2. The van der Waals surface area contributed by atoms with E-state index in [4.69, 9.17) is 40.8 Å². The van der Waals surface area contributed by atoms with Gasteiger partial charge in [0.2, 0.25) is 0 Å². The van der Waals surface area contributed by atoms with Gasteiger partial charge in [-0.25, -0.2) is 4.98 Å². The zero-order chi connectivity index (χ0) is 19.6. The molecule has 8 nitrogen and oxygen atoms in total. The fourth-order valence-corrected chi connectivity index (χ4v) is 2.47. The molecule has 1 saturated heterocycles. The van der Waals surface area contributed by atoms with E-state index in [1.807, 2.05) is 0 Å². The molecule has 26 heavy (non-hydrogen) atoms. The number of aromatic amines is 1. The van der Waals surface area contributed by atoms with Crippen LogP contribution in [-0.2, 0) is 4.74 Å². The molecular formula is C12H15B6N3O5. The molecule has 126 valence electrons. The highest BCUT2D eigenvalue weighted by Crippen LogP contribution is 2.31. The van der Waals surface area contributed by atoms with Gasteiger partial charge in [-0.2, -0.15) is 0 Å². The lowest BCUT2D eigenvalue weighted by molar-refractivity contribution is -0.0508. The summed E-state index contributed by atoms with van der Waals surface area (Å²) < 4.78 is 6.92. The molecule has 1 aliphatic rings. The number of aliphatic hydroxyl groups is 3. The van der Waals surface area contributed by atoms with Crippen molar-refractivity contribution in [2.75, 3.05) is 6.61 Å². The minimum Gasteiger partial charge on any atom is -0.394 e. The van der Waals surface area contributed by atoms with Crippen LogP contribution in [0.1, 0.15) is 12.1 Å². The summed E-state index contributed by atoms with van der Waals surface area (Å²) in [5.41, 5.74) is 0.0825. The molecule has 0 amide bonds. The van der Waals surface area contributed by atoms with Crippen LogP contribution in [0.2, 0.25) is 0 Å². The maximum atomic E-state index is 11.8. The zero-order valence-corrected chi connectivity index (χ0v) is 14.2. The summed E-state index contributed by atoms with van der Waals surface area (Å²) in [6, 6.07) is 1.56. The van der Waals surface area contributed by atoms with Crippen molar-refractivity contribution < 1.29 is 20.1 Å². The van der Waals surface area contributed by atoms with Crippen LogP contribution in [0.5, 0.6) is 0 Å². The summed E-state index contributed by atoms with van der Waals surface area (Å²) in [5, 5.41) is 29.2. The molecule has 2 aromatic heterocycles. The van der Waals surface area contributed by atoms with Crippen LogP contribution in [0.3, 0.4) is 0 Å². The van der Waals surface area contributed by atoms with E-state index >= 15 is 0 Å². The Bertz CT molecular complexity index is 793. The van der Waals surface area contributed by atoms with Gasteiger partial charge in [-0.1, -0.05) is 0 Å². The van der Waals surface area contributed by atoms with Crippen LogP contribution in [0.25, 0.3) is 11.0 Å². The van der Waals surface area contributed by atoms with Gasteiger partial charge < -0.3 is 29.6 Å². The maximum Gasteiger partial charge on any atom is 0.260 e. The van der Waals surface area contributed by atoms with Crippen molar-refractivity contribution in [3.05, 3.63) is 28.4 Å². The first-order valence-corrected chi connectivity index (χ1v) is 7.89. The van der Waals surface area contributed by atoms with E-state index in [-0.39, 0.29) is 5.56 Å². The highest BCUT2D eigenvalue weighted by Gasteiger charge is 2.43. The lowest BCUT2D eigenvalue weighted by atomic mass is 8.81. The maximum absolute atomic E-state index is 11.8. The van der Waals surface area contributed by atoms with Gasteiger partial charge >= 0.3 is 0 Å². The normalized spacial score (nSPS) is 24.9. The van der Waals surface area contributed by atoms with Crippen LogP contribution in [-0.4, -0.2) is 98.5 Å². The molecule has 1 aliphatic heterocycles. The molecule has 0 spiro atoms. The van der Waals surface area contributed by atoms with E-state index in [9.17, 15) is 15.0 Å². The number of nitrogens with zero attached hydrogens (tertiary/aromatic N) is 2. The first-order chi connectivity index (χ1) is 12.2. The van der Waals surface area contributed by atoms with Crippen LogP contribution in [0.15, 0.2) is 17.1 Å². The van der Waals surface area contributed by atoms with Gasteiger partial charge in [-0.05, 0) is 13.0 Å². The molecule has 0 aromatic carbocycles. The Labute approximate surface area is 156 Å². The molecule has 3 heterocycles. The molecule has 0 aliphatic carbocycles. The topological polar surface area (TPSA) is 121 Å². The van der Waals surface area contributed by atoms with E-state index in [0.29, 0.717) is 16.9 Å². The Morgan fingerprint density at radius 1 is 1.27 bits per heavy atom. The van der Waals surface area contributed by atoms with Gasteiger partial charge in [-0.3, -0.25) is 4.79 Å². The quantitative estimate of drug-likeness (QED) is 0.426. The average Bonchev–Trinajstić information content (AvgIpc) is 3.10. The Morgan fingerprint density at radius 3 is 2.38 bits per heavy atom. The smallest absolute Gasteiger partial charge is 0.260 e. The van der Waals surface area contributed by atoms with Gasteiger partial charge in [0.1, 0.15) is 29.8 Å².